The molecular weight excluding hydrogens is 274 g/mol. The summed E-state index contributed by atoms with van der Waals surface area (Å²) in [5.74, 6) is -1.57. The van der Waals surface area contributed by atoms with E-state index in [1.165, 1.54) is 0 Å². The Morgan fingerprint density at radius 3 is 2.84 bits per heavy atom. The number of benzene rings is 1. The number of carbonyl (C=O) groups is 2. The summed E-state index contributed by atoms with van der Waals surface area (Å²) in [5, 5.41) is 1.85. The molecule has 0 aromatic heterocycles. The summed E-state index contributed by atoms with van der Waals surface area (Å²) in [7, 11) is 0. The van der Waals surface area contributed by atoms with Crippen molar-refractivity contribution in [3.8, 4) is 0 Å². The van der Waals surface area contributed by atoms with Gasteiger partial charge in [-0.25, -0.2) is 13.6 Å². The van der Waals surface area contributed by atoms with E-state index < -0.39 is 28.8 Å². The van der Waals surface area contributed by atoms with Gasteiger partial charge in [0, 0.05) is 18.0 Å². The van der Waals surface area contributed by atoms with E-state index >= 15 is 0 Å². The number of nitrogens with one attached hydrogen (secondary N) is 1. The number of imide groups is 1. The molecule has 1 aromatic carbocycles. The summed E-state index contributed by atoms with van der Waals surface area (Å²) in [5.41, 5.74) is 0. The van der Waals surface area contributed by atoms with Gasteiger partial charge in [-0.15, -0.1) is 11.8 Å². The van der Waals surface area contributed by atoms with Gasteiger partial charge in [0.1, 0.15) is 11.6 Å². The Bertz CT molecular complexity index is 524. The molecule has 0 saturated carbocycles. The minimum atomic E-state index is -0.667. The monoisotopic (exact) mass is 286 g/mol. The van der Waals surface area contributed by atoms with Gasteiger partial charge in [-0.2, -0.15) is 0 Å². The fourth-order valence-corrected chi connectivity index (χ4v) is 2.68. The maximum atomic E-state index is 13.5. The second-order valence-electron chi connectivity index (χ2n) is 4.06. The number of thioether (sulfide) groups is 1. The molecule has 3 amide bonds. The van der Waals surface area contributed by atoms with Crippen LogP contribution < -0.4 is 5.32 Å². The Balaban J connectivity index is 2.08. The van der Waals surface area contributed by atoms with Crippen molar-refractivity contribution in [1.82, 2.24) is 10.2 Å². The summed E-state index contributed by atoms with van der Waals surface area (Å²) in [4.78, 5) is 24.5. The van der Waals surface area contributed by atoms with Crippen molar-refractivity contribution in [3.05, 3.63) is 29.8 Å². The maximum absolute atomic E-state index is 13.5. The third kappa shape index (κ3) is 3.04. The maximum Gasteiger partial charge on any atom is 0.324 e. The third-order valence-corrected chi connectivity index (χ3v) is 3.79. The minimum absolute atomic E-state index is 0.0560. The molecule has 0 spiro atoms. The standard InChI is InChI=1S/C12H12F2N2O2S/c1-7(11(17)16-5-4-15-12(16)18)19-10-6-8(13)2-3-9(10)14/h2-3,6-7H,4-5H2,1H3,(H,15,18)/t7-/m1/s1. The van der Waals surface area contributed by atoms with E-state index in [1.54, 1.807) is 6.92 Å². The van der Waals surface area contributed by atoms with Gasteiger partial charge in [0.25, 0.3) is 0 Å². The lowest BCUT2D eigenvalue weighted by Crippen LogP contribution is -2.38. The molecule has 7 heteroatoms. The van der Waals surface area contributed by atoms with Crippen LogP contribution in [0.2, 0.25) is 0 Å². The van der Waals surface area contributed by atoms with E-state index in [0.29, 0.717) is 13.1 Å². The highest BCUT2D eigenvalue weighted by atomic mass is 32.2. The first-order valence-electron chi connectivity index (χ1n) is 5.70. The molecular formula is C12H12F2N2O2S. The van der Waals surface area contributed by atoms with Crippen LogP contribution in [0, 0.1) is 11.6 Å². The number of nitrogens with zero attached hydrogens (tertiary/aromatic N) is 1. The van der Waals surface area contributed by atoms with Gasteiger partial charge in [0.15, 0.2) is 0 Å². The van der Waals surface area contributed by atoms with Gasteiger partial charge >= 0.3 is 6.03 Å². The van der Waals surface area contributed by atoms with E-state index in [-0.39, 0.29) is 4.90 Å². The molecule has 0 bridgehead atoms. The fraction of sp³-hybridized carbons (Fsp3) is 0.333. The number of urea groups is 1. The molecule has 1 atom stereocenters. The van der Waals surface area contributed by atoms with Gasteiger partial charge in [0.05, 0.1) is 5.25 Å². The lowest BCUT2D eigenvalue weighted by molar-refractivity contribution is -0.126. The normalized spacial score (nSPS) is 16.4. The summed E-state index contributed by atoms with van der Waals surface area (Å²) < 4.78 is 26.5. The van der Waals surface area contributed by atoms with Crippen molar-refractivity contribution >= 4 is 23.7 Å². The lowest BCUT2D eigenvalue weighted by atomic mass is 10.3. The van der Waals surface area contributed by atoms with Crippen molar-refractivity contribution in [3.63, 3.8) is 0 Å². The molecule has 1 aromatic rings. The number of amides is 3. The molecule has 102 valence electrons. The Morgan fingerprint density at radius 2 is 2.21 bits per heavy atom. The van der Waals surface area contributed by atoms with Crippen molar-refractivity contribution in [1.29, 1.82) is 0 Å². The number of rotatable bonds is 3. The molecule has 1 saturated heterocycles. The predicted molar refractivity (Wildman–Crippen MR) is 66.8 cm³/mol. The van der Waals surface area contributed by atoms with Gasteiger partial charge < -0.3 is 5.32 Å². The van der Waals surface area contributed by atoms with Crippen LogP contribution >= 0.6 is 11.8 Å². The lowest BCUT2D eigenvalue weighted by Gasteiger charge is -2.17. The summed E-state index contributed by atoms with van der Waals surface area (Å²) in [6, 6.07) is 2.61. The topological polar surface area (TPSA) is 49.4 Å². The minimum Gasteiger partial charge on any atom is -0.336 e. The second-order valence-corrected chi connectivity index (χ2v) is 5.44. The highest BCUT2D eigenvalue weighted by Crippen LogP contribution is 2.28. The molecule has 1 heterocycles. The van der Waals surface area contributed by atoms with Crippen LogP contribution in [0.1, 0.15) is 6.92 Å². The van der Waals surface area contributed by atoms with Crippen LogP contribution in [0.15, 0.2) is 23.1 Å². The average molecular weight is 286 g/mol. The van der Waals surface area contributed by atoms with Gasteiger partial charge in [0.2, 0.25) is 5.91 Å². The first kappa shape index (κ1) is 13.8. The smallest absolute Gasteiger partial charge is 0.324 e. The number of hydrogen-bond acceptors (Lipinski definition) is 3. The van der Waals surface area contributed by atoms with E-state index in [9.17, 15) is 18.4 Å². The first-order valence-corrected chi connectivity index (χ1v) is 6.58. The van der Waals surface area contributed by atoms with E-state index in [2.05, 4.69) is 5.32 Å². The molecule has 1 N–H and O–H groups in total. The summed E-state index contributed by atoms with van der Waals surface area (Å²) >= 11 is 0.895. The van der Waals surface area contributed by atoms with E-state index in [1.807, 2.05) is 0 Å². The zero-order chi connectivity index (χ0) is 14.0. The van der Waals surface area contributed by atoms with Crippen molar-refractivity contribution in [2.24, 2.45) is 0 Å². The van der Waals surface area contributed by atoms with Gasteiger partial charge in [-0.05, 0) is 25.1 Å². The Hall–Kier alpha value is -1.63. The van der Waals surface area contributed by atoms with Crippen molar-refractivity contribution in [2.45, 2.75) is 17.1 Å². The molecule has 4 nitrogen and oxygen atoms in total. The molecule has 0 unspecified atom stereocenters. The highest BCUT2D eigenvalue weighted by Gasteiger charge is 2.30. The first-order chi connectivity index (χ1) is 8.99. The molecule has 1 fully saturated rings. The zero-order valence-electron chi connectivity index (χ0n) is 10.2. The SMILES string of the molecule is C[C@@H](Sc1cc(F)ccc1F)C(=O)N1CCNC1=O. The van der Waals surface area contributed by atoms with E-state index in [0.717, 1.165) is 34.9 Å². The van der Waals surface area contributed by atoms with E-state index in [4.69, 9.17) is 0 Å². The highest BCUT2D eigenvalue weighted by molar-refractivity contribution is 8.00. The second kappa shape index (κ2) is 5.56. The fourth-order valence-electron chi connectivity index (χ4n) is 1.71. The molecule has 19 heavy (non-hydrogen) atoms. The molecule has 1 aliphatic rings. The Kier molecular flexibility index (Phi) is 4.04. The molecule has 0 aliphatic carbocycles. The third-order valence-electron chi connectivity index (χ3n) is 2.67. The van der Waals surface area contributed by atoms with Crippen molar-refractivity contribution in [2.75, 3.05) is 13.1 Å². The van der Waals surface area contributed by atoms with Crippen molar-refractivity contribution < 1.29 is 18.4 Å². The molecule has 2 rings (SSSR count). The number of hydrogen-bond donors (Lipinski definition) is 1. The van der Waals surface area contributed by atoms with Crippen LogP contribution in [0.4, 0.5) is 13.6 Å². The predicted octanol–water partition coefficient (Wildman–Crippen LogP) is 2.00. The number of carbonyl (C=O) groups excluding carboxylic acids is 2. The zero-order valence-corrected chi connectivity index (χ0v) is 11.0. The number of halogens is 2. The quantitative estimate of drug-likeness (QED) is 0.865. The van der Waals surface area contributed by atoms with Crippen LogP contribution in [0.3, 0.4) is 0 Å². The summed E-state index contributed by atoms with van der Waals surface area (Å²) in [6.45, 7) is 2.27. The van der Waals surface area contributed by atoms with Crippen LogP contribution in [-0.4, -0.2) is 35.2 Å². The van der Waals surface area contributed by atoms with Gasteiger partial charge in [-0.3, -0.25) is 9.69 Å². The Labute approximate surface area is 113 Å². The van der Waals surface area contributed by atoms with Crippen LogP contribution in [-0.2, 0) is 4.79 Å². The largest absolute Gasteiger partial charge is 0.336 e. The summed E-state index contributed by atoms with van der Waals surface area (Å²) in [6.07, 6.45) is 0. The molecule has 1 aliphatic heterocycles. The van der Waals surface area contributed by atoms with Crippen LogP contribution in [0.5, 0.6) is 0 Å². The molecule has 0 radical (unpaired) electrons. The van der Waals surface area contributed by atoms with Gasteiger partial charge in [-0.1, -0.05) is 0 Å². The average Bonchev–Trinajstić information content (AvgIpc) is 2.79. The van der Waals surface area contributed by atoms with Crippen LogP contribution in [0.25, 0.3) is 0 Å². The Morgan fingerprint density at radius 1 is 1.47 bits per heavy atom.